The number of benzene rings is 4. The number of aromatic hydroxyl groups is 1. The molecule has 0 radical (unpaired) electrons. The lowest BCUT2D eigenvalue weighted by molar-refractivity contribution is 0.457. The van der Waals surface area contributed by atoms with Crippen LogP contribution < -0.4 is 10.2 Å². The van der Waals surface area contributed by atoms with E-state index in [1.807, 2.05) is 13.0 Å². The van der Waals surface area contributed by atoms with Crippen LogP contribution in [0.5, 0.6) is 5.75 Å². The second-order valence-corrected chi connectivity index (χ2v) is 11.7. The lowest BCUT2D eigenvalue weighted by Crippen LogP contribution is -2.23. The van der Waals surface area contributed by atoms with E-state index in [1.165, 1.54) is 33.4 Å². The molecule has 0 aromatic heterocycles. The highest BCUT2D eigenvalue weighted by atomic mass is 31.1. The zero-order valence-electron chi connectivity index (χ0n) is 20.8. The standard InChI is InChI=1S/C31H34NOP/c1-22-16-17-29(34-31(4,5)28-20-23(2)18-24(3)30(28)33)25(19-22)21-32(26-12-8-6-9-13-26)27-14-10-7-11-15-27/h6-20,33-34H,21H2,1-5H3. The third-order valence-electron chi connectivity index (χ3n) is 6.29. The van der Waals surface area contributed by atoms with Crippen molar-refractivity contribution in [2.24, 2.45) is 0 Å². The first-order valence-electron chi connectivity index (χ1n) is 11.8. The van der Waals surface area contributed by atoms with E-state index in [0.29, 0.717) is 14.3 Å². The van der Waals surface area contributed by atoms with Gasteiger partial charge in [-0.1, -0.05) is 100 Å². The van der Waals surface area contributed by atoms with Crippen LogP contribution in [0.3, 0.4) is 0 Å². The molecule has 2 nitrogen and oxygen atoms in total. The van der Waals surface area contributed by atoms with Crippen molar-refractivity contribution in [3.63, 3.8) is 0 Å². The molecule has 0 bridgehead atoms. The molecule has 0 aliphatic heterocycles. The number of hydrogen-bond acceptors (Lipinski definition) is 2. The third-order valence-corrected chi connectivity index (χ3v) is 7.94. The predicted octanol–water partition coefficient (Wildman–Crippen LogP) is 7.89. The molecule has 3 heteroatoms. The summed E-state index contributed by atoms with van der Waals surface area (Å²) in [7, 11) is 0.521. The fourth-order valence-electron chi connectivity index (χ4n) is 4.53. The maximum Gasteiger partial charge on any atom is 0.122 e. The number of anilines is 2. The molecular formula is C31H34NOP. The van der Waals surface area contributed by atoms with E-state index in [0.717, 1.165) is 17.7 Å². The highest BCUT2D eigenvalue weighted by Gasteiger charge is 2.27. The van der Waals surface area contributed by atoms with E-state index in [1.54, 1.807) is 0 Å². The number of nitrogens with zero attached hydrogens (tertiary/aromatic N) is 1. The number of para-hydroxylation sites is 2. The quantitative estimate of drug-likeness (QED) is 0.279. The predicted molar refractivity (Wildman–Crippen MR) is 148 cm³/mol. The summed E-state index contributed by atoms with van der Waals surface area (Å²) in [5.41, 5.74) is 8.09. The summed E-state index contributed by atoms with van der Waals surface area (Å²) in [6, 6.07) is 32.2. The Labute approximate surface area is 206 Å². The zero-order chi connectivity index (χ0) is 24.3. The monoisotopic (exact) mass is 467 g/mol. The van der Waals surface area contributed by atoms with Gasteiger partial charge in [-0.25, -0.2) is 0 Å². The topological polar surface area (TPSA) is 23.5 Å². The third kappa shape index (κ3) is 5.34. The first-order valence-corrected chi connectivity index (χ1v) is 12.8. The molecule has 4 rings (SSSR count). The molecule has 4 aromatic rings. The molecule has 0 spiro atoms. The second kappa shape index (κ2) is 10.0. The van der Waals surface area contributed by atoms with Gasteiger partial charge >= 0.3 is 0 Å². The molecule has 1 unspecified atom stereocenters. The van der Waals surface area contributed by atoms with Gasteiger partial charge in [0, 0.05) is 28.6 Å². The first kappa shape index (κ1) is 24.0. The van der Waals surface area contributed by atoms with Crippen molar-refractivity contribution in [3.05, 3.63) is 119 Å². The van der Waals surface area contributed by atoms with Crippen molar-refractivity contribution in [3.8, 4) is 5.75 Å². The molecule has 0 fully saturated rings. The minimum absolute atomic E-state index is 0.185. The molecule has 1 N–H and O–H groups in total. The Morgan fingerprint density at radius 1 is 0.735 bits per heavy atom. The summed E-state index contributed by atoms with van der Waals surface area (Å²) >= 11 is 0. The molecule has 0 aliphatic carbocycles. The van der Waals surface area contributed by atoms with Crippen LogP contribution in [0, 0.1) is 20.8 Å². The van der Waals surface area contributed by atoms with E-state index >= 15 is 0 Å². The van der Waals surface area contributed by atoms with Crippen LogP contribution in [0.1, 0.15) is 41.7 Å². The van der Waals surface area contributed by atoms with Gasteiger partial charge in [0.2, 0.25) is 0 Å². The SMILES string of the molecule is Cc1ccc(PC(C)(C)c2cc(C)cc(C)c2O)c(CN(c2ccccc2)c2ccccc2)c1. The van der Waals surface area contributed by atoms with Crippen molar-refractivity contribution in [2.75, 3.05) is 4.90 Å². The largest absolute Gasteiger partial charge is 0.507 e. The molecule has 0 amide bonds. The second-order valence-electron chi connectivity index (χ2n) is 9.65. The Kier molecular flexibility index (Phi) is 7.10. The average molecular weight is 468 g/mol. The van der Waals surface area contributed by atoms with E-state index in [2.05, 4.69) is 118 Å². The average Bonchev–Trinajstić information content (AvgIpc) is 2.82. The van der Waals surface area contributed by atoms with E-state index in [4.69, 9.17) is 0 Å². The smallest absolute Gasteiger partial charge is 0.122 e. The Balaban J connectivity index is 1.74. The fraction of sp³-hybridized carbons (Fsp3) is 0.226. The molecule has 0 heterocycles. The number of aryl methyl sites for hydroxylation is 3. The van der Waals surface area contributed by atoms with E-state index < -0.39 is 0 Å². The van der Waals surface area contributed by atoms with Crippen LogP contribution in [0.25, 0.3) is 0 Å². The van der Waals surface area contributed by atoms with Crippen LogP contribution in [-0.2, 0) is 11.7 Å². The molecule has 34 heavy (non-hydrogen) atoms. The van der Waals surface area contributed by atoms with Gasteiger partial charge in [-0.3, -0.25) is 0 Å². The van der Waals surface area contributed by atoms with Gasteiger partial charge in [0.05, 0.1) is 0 Å². The minimum Gasteiger partial charge on any atom is -0.507 e. The van der Waals surface area contributed by atoms with Crippen molar-refractivity contribution in [1.82, 2.24) is 0 Å². The maximum atomic E-state index is 10.9. The van der Waals surface area contributed by atoms with Crippen molar-refractivity contribution in [2.45, 2.75) is 46.3 Å². The fourth-order valence-corrected chi connectivity index (χ4v) is 6.01. The summed E-state index contributed by atoms with van der Waals surface area (Å²) in [4.78, 5) is 2.38. The van der Waals surface area contributed by atoms with Crippen molar-refractivity contribution in [1.29, 1.82) is 0 Å². The van der Waals surface area contributed by atoms with Crippen molar-refractivity contribution >= 4 is 25.3 Å². The van der Waals surface area contributed by atoms with Gasteiger partial charge in [0.15, 0.2) is 0 Å². The van der Waals surface area contributed by atoms with Gasteiger partial charge in [0.25, 0.3) is 0 Å². The minimum atomic E-state index is -0.185. The normalized spacial score (nSPS) is 11.8. The van der Waals surface area contributed by atoms with Gasteiger partial charge in [-0.15, -0.1) is 0 Å². The highest BCUT2D eigenvalue weighted by molar-refractivity contribution is 7.48. The Morgan fingerprint density at radius 2 is 1.32 bits per heavy atom. The number of phenols is 1. The lowest BCUT2D eigenvalue weighted by Gasteiger charge is -2.31. The van der Waals surface area contributed by atoms with Crippen LogP contribution in [0.2, 0.25) is 0 Å². The lowest BCUT2D eigenvalue weighted by atomic mass is 9.96. The molecule has 0 saturated carbocycles. The van der Waals surface area contributed by atoms with Crippen LogP contribution in [-0.4, -0.2) is 5.11 Å². The van der Waals surface area contributed by atoms with Crippen LogP contribution >= 0.6 is 8.58 Å². The molecule has 0 saturated heterocycles. The molecule has 4 aromatic carbocycles. The summed E-state index contributed by atoms with van der Waals surface area (Å²) < 4.78 is 0. The number of rotatable bonds is 7. The maximum absolute atomic E-state index is 10.9. The number of hydrogen-bond donors (Lipinski definition) is 1. The Morgan fingerprint density at radius 3 is 1.91 bits per heavy atom. The number of phenolic OH excluding ortho intramolecular Hbond substituents is 1. The molecule has 174 valence electrons. The zero-order valence-corrected chi connectivity index (χ0v) is 21.8. The van der Waals surface area contributed by atoms with E-state index in [9.17, 15) is 5.11 Å². The molecule has 1 atom stereocenters. The van der Waals surface area contributed by atoms with Gasteiger partial charge in [0.1, 0.15) is 5.75 Å². The summed E-state index contributed by atoms with van der Waals surface area (Å²) in [6.07, 6.45) is 0. The Bertz CT molecular complexity index is 1230. The first-order chi connectivity index (χ1) is 16.2. The van der Waals surface area contributed by atoms with Crippen molar-refractivity contribution < 1.29 is 5.11 Å². The summed E-state index contributed by atoms with van der Waals surface area (Å²) in [5.74, 6) is 0.423. The van der Waals surface area contributed by atoms with Crippen LogP contribution in [0.15, 0.2) is 91.0 Å². The highest BCUT2D eigenvalue weighted by Crippen LogP contribution is 2.46. The Hall–Kier alpha value is -3.09. The molecular weight excluding hydrogens is 433 g/mol. The summed E-state index contributed by atoms with van der Waals surface area (Å²) in [5, 5.41) is 12.0. The van der Waals surface area contributed by atoms with Gasteiger partial charge in [-0.05, 0) is 61.5 Å². The summed E-state index contributed by atoms with van der Waals surface area (Å²) in [6.45, 7) is 11.5. The van der Waals surface area contributed by atoms with Gasteiger partial charge in [-0.2, -0.15) is 0 Å². The van der Waals surface area contributed by atoms with Gasteiger partial charge < -0.3 is 10.0 Å². The molecule has 0 aliphatic rings. The van der Waals surface area contributed by atoms with Crippen LogP contribution in [0.4, 0.5) is 11.4 Å². The van der Waals surface area contributed by atoms with E-state index in [-0.39, 0.29) is 5.16 Å².